The largest absolute Gasteiger partial charge is 0.322 e. The molecule has 0 radical (unpaired) electrons. The Kier molecular flexibility index (Phi) is 6.25. The molecule has 3 aromatic carbocycles. The summed E-state index contributed by atoms with van der Waals surface area (Å²) in [5.74, 6) is -0.608. The second kappa shape index (κ2) is 9.02. The van der Waals surface area contributed by atoms with Crippen LogP contribution in [0.5, 0.6) is 0 Å². The van der Waals surface area contributed by atoms with E-state index >= 15 is 0 Å². The zero-order chi connectivity index (χ0) is 19.9. The second-order valence-corrected chi connectivity index (χ2v) is 6.60. The normalized spacial score (nSPS) is 10.6. The van der Waals surface area contributed by atoms with Crippen molar-refractivity contribution in [2.24, 2.45) is 0 Å². The molecule has 0 aromatic heterocycles. The number of anilines is 2. The molecule has 28 heavy (non-hydrogen) atoms. The lowest BCUT2D eigenvalue weighted by molar-refractivity contribution is -0.111. The zero-order valence-electron chi connectivity index (χ0n) is 15.3. The minimum absolute atomic E-state index is 0.277. The molecule has 3 rings (SSSR count). The number of para-hydroxylation sites is 1. The van der Waals surface area contributed by atoms with Crippen LogP contribution in [0.15, 0.2) is 78.9 Å². The van der Waals surface area contributed by atoms with E-state index in [9.17, 15) is 9.59 Å². The van der Waals surface area contributed by atoms with E-state index in [1.807, 2.05) is 61.5 Å². The monoisotopic (exact) mass is 390 g/mol. The Balaban J connectivity index is 1.72. The predicted molar refractivity (Wildman–Crippen MR) is 115 cm³/mol. The van der Waals surface area contributed by atoms with E-state index in [1.54, 1.807) is 24.3 Å². The van der Waals surface area contributed by atoms with Crippen molar-refractivity contribution in [1.29, 1.82) is 0 Å². The van der Waals surface area contributed by atoms with Gasteiger partial charge in [0.05, 0.1) is 10.7 Å². The highest BCUT2D eigenvalue weighted by molar-refractivity contribution is 6.34. The molecule has 0 heterocycles. The number of carbonyl (C=O) groups excluding carboxylic acids is 2. The van der Waals surface area contributed by atoms with Gasteiger partial charge >= 0.3 is 0 Å². The molecule has 0 unspecified atom stereocenters. The van der Waals surface area contributed by atoms with E-state index < -0.39 is 0 Å². The van der Waals surface area contributed by atoms with E-state index in [1.165, 1.54) is 6.08 Å². The molecular formula is C23H19ClN2O2. The van der Waals surface area contributed by atoms with Gasteiger partial charge in [0.2, 0.25) is 5.91 Å². The maximum atomic E-state index is 12.5. The average molecular weight is 391 g/mol. The summed E-state index contributed by atoms with van der Waals surface area (Å²) in [6.07, 6.45) is 3.13. The van der Waals surface area contributed by atoms with Crippen molar-refractivity contribution in [2.45, 2.75) is 6.92 Å². The highest BCUT2D eigenvalue weighted by Crippen LogP contribution is 2.24. The molecule has 0 fully saturated rings. The summed E-state index contributed by atoms with van der Waals surface area (Å²) in [5, 5.41) is 5.93. The van der Waals surface area contributed by atoms with E-state index in [4.69, 9.17) is 11.6 Å². The van der Waals surface area contributed by atoms with Crippen molar-refractivity contribution in [3.63, 3.8) is 0 Å². The van der Waals surface area contributed by atoms with Crippen molar-refractivity contribution in [2.75, 3.05) is 10.6 Å². The smallest absolute Gasteiger partial charge is 0.255 e. The Morgan fingerprint density at radius 2 is 1.57 bits per heavy atom. The molecule has 0 saturated carbocycles. The van der Waals surface area contributed by atoms with Crippen LogP contribution < -0.4 is 10.6 Å². The van der Waals surface area contributed by atoms with Crippen molar-refractivity contribution in [3.8, 4) is 0 Å². The van der Waals surface area contributed by atoms with Gasteiger partial charge in [0.1, 0.15) is 0 Å². The molecule has 0 aliphatic rings. The summed E-state index contributed by atoms with van der Waals surface area (Å²) in [4.78, 5) is 24.7. The molecule has 140 valence electrons. The molecular weight excluding hydrogens is 372 g/mol. The van der Waals surface area contributed by atoms with Crippen LogP contribution in [-0.2, 0) is 4.79 Å². The first kappa shape index (κ1) is 19.4. The van der Waals surface area contributed by atoms with Crippen LogP contribution in [0.4, 0.5) is 11.4 Å². The Morgan fingerprint density at radius 1 is 0.857 bits per heavy atom. The highest BCUT2D eigenvalue weighted by Gasteiger charge is 2.11. The second-order valence-electron chi connectivity index (χ2n) is 6.20. The topological polar surface area (TPSA) is 58.2 Å². The van der Waals surface area contributed by atoms with Gasteiger partial charge in [-0.25, -0.2) is 0 Å². The molecule has 2 amide bonds. The Hall–Kier alpha value is -3.37. The number of aryl methyl sites for hydroxylation is 1. The van der Waals surface area contributed by atoms with Gasteiger partial charge in [-0.3, -0.25) is 9.59 Å². The van der Waals surface area contributed by atoms with Crippen LogP contribution in [0.1, 0.15) is 21.5 Å². The van der Waals surface area contributed by atoms with Crippen LogP contribution in [0.2, 0.25) is 5.02 Å². The van der Waals surface area contributed by atoms with E-state index in [2.05, 4.69) is 10.6 Å². The van der Waals surface area contributed by atoms with Crippen molar-refractivity contribution >= 4 is 40.9 Å². The molecule has 0 aliphatic carbocycles. The third-order valence-electron chi connectivity index (χ3n) is 4.11. The first-order valence-electron chi connectivity index (χ1n) is 8.73. The summed E-state index contributed by atoms with van der Waals surface area (Å²) in [6, 6.07) is 21.8. The van der Waals surface area contributed by atoms with Gasteiger partial charge in [0.15, 0.2) is 0 Å². The van der Waals surface area contributed by atoms with Crippen molar-refractivity contribution in [1.82, 2.24) is 0 Å². The van der Waals surface area contributed by atoms with Crippen LogP contribution in [-0.4, -0.2) is 11.8 Å². The molecule has 0 spiro atoms. The number of amides is 2. The van der Waals surface area contributed by atoms with E-state index in [0.29, 0.717) is 16.3 Å². The molecule has 5 heteroatoms. The van der Waals surface area contributed by atoms with Crippen LogP contribution in [0.25, 0.3) is 6.08 Å². The van der Waals surface area contributed by atoms with Gasteiger partial charge in [0.25, 0.3) is 5.91 Å². The van der Waals surface area contributed by atoms with Crippen LogP contribution in [0, 0.1) is 6.92 Å². The molecule has 0 saturated heterocycles. The number of hydrogen-bond acceptors (Lipinski definition) is 2. The average Bonchev–Trinajstić information content (AvgIpc) is 2.70. The number of benzene rings is 3. The number of halogens is 1. The Morgan fingerprint density at radius 3 is 2.32 bits per heavy atom. The fraction of sp³-hybridized carbons (Fsp3) is 0.0435. The third kappa shape index (κ3) is 5.09. The lowest BCUT2D eigenvalue weighted by Crippen LogP contribution is -2.14. The molecule has 2 N–H and O–H groups in total. The van der Waals surface area contributed by atoms with Crippen LogP contribution in [0.3, 0.4) is 0 Å². The van der Waals surface area contributed by atoms with Crippen molar-refractivity contribution < 1.29 is 9.59 Å². The Bertz CT molecular complexity index is 1030. The third-order valence-corrected chi connectivity index (χ3v) is 4.44. The summed E-state index contributed by atoms with van der Waals surface area (Å²) in [7, 11) is 0. The van der Waals surface area contributed by atoms with Crippen LogP contribution >= 0.6 is 11.6 Å². The van der Waals surface area contributed by atoms with Crippen molar-refractivity contribution in [3.05, 3.63) is 101 Å². The number of rotatable bonds is 5. The maximum Gasteiger partial charge on any atom is 0.255 e. The maximum absolute atomic E-state index is 12.5. The first-order valence-corrected chi connectivity index (χ1v) is 9.11. The number of hydrogen-bond donors (Lipinski definition) is 2. The number of nitrogens with one attached hydrogen (secondary N) is 2. The lowest BCUT2D eigenvalue weighted by atomic mass is 10.1. The molecule has 3 aromatic rings. The molecule has 0 bridgehead atoms. The fourth-order valence-electron chi connectivity index (χ4n) is 2.58. The molecule has 4 nitrogen and oxygen atoms in total. The summed E-state index contributed by atoms with van der Waals surface area (Å²) in [6.45, 7) is 1.92. The van der Waals surface area contributed by atoms with E-state index in [-0.39, 0.29) is 11.8 Å². The number of carbonyl (C=O) groups is 2. The quantitative estimate of drug-likeness (QED) is 0.561. The van der Waals surface area contributed by atoms with Gasteiger partial charge < -0.3 is 10.6 Å². The minimum atomic E-state index is -0.331. The predicted octanol–water partition coefficient (Wildman–Crippen LogP) is 5.55. The fourth-order valence-corrected chi connectivity index (χ4v) is 2.75. The van der Waals surface area contributed by atoms with Gasteiger partial charge in [-0.2, -0.15) is 0 Å². The Labute approximate surface area is 168 Å². The first-order chi connectivity index (χ1) is 13.5. The highest BCUT2D eigenvalue weighted by atomic mass is 35.5. The zero-order valence-corrected chi connectivity index (χ0v) is 16.0. The van der Waals surface area contributed by atoms with Gasteiger partial charge in [-0.15, -0.1) is 0 Å². The summed E-state index contributed by atoms with van der Waals surface area (Å²) in [5.41, 5.74) is 3.38. The standard InChI is InChI=1S/C23H19ClN2O2/c1-16-7-5-6-10-20(16)26-23(28)18-12-13-19(24)21(15-18)25-22(27)14-11-17-8-3-2-4-9-17/h2-15H,1H3,(H,25,27)(H,26,28)/b14-11+. The molecule has 0 atom stereocenters. The van der Waals surface area contributed by atoms with Gasteiger partial charge in [0, 0.05) is 17.3 Å². The van der Waals surface area contributed by atoms with Gasteiger partial charge in [-0.05, 0) is 48.4 Å². The lowest BCUT2D eigenvalue weighted by Gasteiger charge is -2.10. The summed E-state index contributed by atoms with van der Waals surface area (Å²) >= 11 is 6.18. The minimum Gasteiger partial charge on any atom is -0.322 e. The summed E-state index contributed by atoms with van der Waals surface area (Å²) < 4.78 is 0. The van der Waals surface area contributed by atoms with E-state index in [0.717, 1.165) is 16.8 Å². The van der Waals surface area contributed by atoms with Gasteiger partial charge in [-0.1, -0.05) is 60.1 Å². The SMILES string of the molecule is Cc1ccccc1NC(=O)c1ccc(Cl)c(NC(=O)/C=C/c2ccccc2)c1. The molecule has 0 aliphatic heterocycles.